The third-order valence-electron chi connectivity index (χ3n) is 2.98. The minimum absolute atomic E-state index is 0.190. The van der Waals surface area contributed by atoms with Crippen LogP contribution in [-0.4, -0.2) is 24.3 Å². The van der Waals surface area contributed by atoms with Crippen LogP contribution in [0, 0.1) is 0 Å². The third kappa shape index (κ3) is 2.90. The normalized spacial score (nSPS) is 13.0. The lowest BCUT2D eigenvalue weighted by atomic mass is 10.2. The summed E-state index contributed by atoms with van der Waals surface area (Å²) in [5.74, 6) is 0.391. The van der Waals surface area contributed by atoms with Gasteiger partial charge in [-0.15, -0.1) is 0 Å². The Labute approximate surface area is 125 Å². The van der Waals surface area contributed by atoms with Gasteiger partial charge in [0.2, 0.25) is 0 Å². The first kappa shape index (κ1) is 13.6. The first-order valence-electron chi connectivity index (χ1n) is 6.34. The molecule has 2 aromatic rings. The van der Waals surface area contributed by atoms with Crippen LogP contribution in [0.5, 0.6) is 11.5 Å². The van der Waals surface area contributed by atoms with Gasteiger partial charge in [0, 0.05) is 15.5 Å². The number of benzene rings is 2. The van der Waals surface area contributed by atoms with Gasteiger partial charge >= 0.3 is 5.97 Å². The maximum absolute atomic E-state index is 11.3. The summed E-state index contributed by atoms with van der Waals surface area (Å²) >= 11 is 1.35. The lowest BCUT2D eigenvalue weighted by Gasteiger charge is -2.18. The Morgan fingerprint density at radius 3 is 2.62 bits per heavy atom. The highest BCUT2D eigenvalue weighted by atomic mass is 32.2. The number of carboxylic acids is 1. The predicted molar refractivity (Wildman–Crippen MR) is 79.4 cm³/mol. The molecule has 108 valence electrons. The van der Waals surface area contributed by atoms with Crippen molar-refractivity contribution in [1.29, 1.82) is 0 Å². The maximum Gasteiger partial charge on any atom is 0.336 e. The van der Waals surface area contributed by atoms with Crippen molar-refractivity contribution >= 4 is 23.4 Å². The van der Waals surface area contributed by atoms with E-state index in [2.05, 4.69) is 0 Å². The molecule has 1 aliphatic rings. The Balaban J connectivity index is 1.92. The summed E-state index contributed by atoms with van der Waals surface area (Å²) in [5, 5.41) is 9.25. The highest BCUT2D eigenvalue weighted by Gasteiger charge is 2.15. The van der Waals surface area contributed by atoms with E-state index < -0.39 is 5.97 Å². The van der Waals surface area contributed by atoms with Crippen molar-refractivity contribution in [1.82, 2.24) is 0 Å². The Kier molecular flexibility index (Phi) is 3.62. The number of nitrogens with two attached hydrogens (primary N) is 1. The third-order valence-corrected chi connectivity index (χ3v) is 4.04. The lowest BCUT2D eigenvalue weighted by molar-refractivity contribution is 0.0693. The molecule has 0 saturated carbocycles. The van der Waals surface area contributed by atoms with E-state index in [1.807, 2.05) is 18.2 Å². The molecule has 0 atom stereocenters. The molecule has 3 rings (SSSR count). The van der Waals surface area contributed by atoms with Crippen molar-refractivity contribution in [3.8, 4) is 11.5 Å². The Morgan fingerprint density at radius 2 is 1.86 bits per heavy atom. The van der Waals surface area contributed by atoms with Gasteiger partial charge in [-0.3, -0.25) is 0 Å². The summed E-state index contributed by atoms with van der Waals surface area (Å²) in [6.07, 6.45) is 0. The standard InChI is InChI=1S/C15H13NO4S/c16-9-1-4-14(11(7-9)15(17)18)21-10-2-3-12-13(8-10)20-6-5-19-12/h1-4,7-8H,5-6,16H2,(H,17,18). The van der Waals surface area contributed by atoms with E-state index in [4.69, 9.17) is 15.2 Å². The molecule has 3 N–H and O–H groups in total. The molecule has 1 heterocycles. The fourth-order valence-corrected chi connectivity index (χ4v) is 2.97. The van der Waals surface area contributed by atoms with Gasteiger partial charge in [-0.1, -0.05) is 11.8 Å². The fourth-order valence-electron chi connectivity index (χ4n) is 2.02. The fraction of sp³-hybridized carbons (Fsp3) is 0.133. The quantitative estimate of drug-likeness (QED) is 0.849. The van der Waals surface area contributed by atoms with Gasteiger partial charge in [-0.25, -0.2) is 4.79 Å². The number of fused-ring (bicyclic) bond motifs is 1. The zero-order valence-corrected chi connectivity index (χ0v) is 11.9. The van der Waals surface area contributed by atoms with Crippen LogP contribution in [0.3, 0.4) is 0 Å². The van der Waals surface area contributed by atoms with Crippen molar-refractivity contribution < 1.29 is 19.4 Å². The number of carbonyl (C=O) groups is 1. The van der Waals surface area contributed by atoms with Crippen molar-refractivity contribution in [2.45, 2.75) is 9.79 Å². The molecule has 0 radical (unpaired) electrons. The minimum Gasteiger partial charge on any atom is -0.486 e. The summed E-state index contributed by atoms with van der Waals surface area (Å²) in [5.41, 5.74) is 6.26. The molecule has 0 spiro atoms. The van der Waals surface area contributed by atoms with Crippen LogP contribution in [0.1, 0.15) is 10.4 Å². The monoisotopic (exact) mass is 303 g/mol. The summed E-state index contributed by atoms with van der Waals surface area (Å²) in [6, 6.07) is 10.4. The number of rotatable bonds is 3. The van der Waals surface area contributed by atoms with Crippen molar-refractivity contribution in [2.75, 3.05) is 18.9 Å². The van der Waals surface area contributed by atoms with Crippen molar-refractivity contribution in [3.05, 3.63) is 42.0 Å². The number of anilines is 1. The molecule has 5 nitrogen and oxygen atoms in total. The largest absolute Gasteiger partial charge is 0.486 e. The topological polar surface area (TPSA) is 81.8 Å². The summed E-state index contributed by atoms with van der Waals surface area (Å²) in [4.78, 5) is 12.8. The van der Waals surface area contributed by atoms with Crippen LogP contribution in [0.25, 0.3) is 0 Å². The van der Waals surface area contributed by atoms with Crippen LogP contribution < -0.4 is 15.2 Å². The molecule has 0 saturated heterocycles. The smallest absolute Gasteiger partial charge is 0.336 e. The lowest BCUT2D eigenvalue weighted by Crippen LogP contribution is -2.15. The van der Waals surface area contributed by atoms with Crippen LogP contribution >= 0.6 is 11.8 Å². The summed E-state index contributed by atoms with van der Waals surface area (Å²) in [7, 11) is 0. The number of hydrogen-bond donors (Lipinski definition) is 2. The molecule has 2 aromatic carbocycles. The maximum atomic E-state index is 11.3. The second kappa shape index (κ2) is 5.57. The van der Waals surface area contributed by atoms with E-state index in [0.29, 0.717) is 35.3 Å². The van der Waals surface area contributed by atoms with Crippen molar-refractivity contribution in [2.24, 2.45) is 0 Å². The highest BCUT2D eigenvalue weighted by Crippen LogP contribution is 2.38. The number of carboxylic acid groups (broad SMARTS) is 1. The van der Waals surface area contributed by atoms with Crippen LogP contribution in [0.15, 0.2) is 46.2 Å². The van der Waals surface area contributed by atoms with E-state index >= 15 is 0 Å². The van der Waals surface area contributed by atoms with Gasteiger partial charge in [0.15, 0.2) is 11.5 Å². The zero-order valence-electron chi connectivity index (χ0n) is 11.0. The highest BCUT2D eigenvalue weighted by molar-refractivity contribution is 7.99. The van der Waals surface area contributed by atoms with E-state index in [0.717, 1.165) is 4.90 Å². The molecule has 0 bridgehead atoms. The first-order chi connectivity index (χ1) is 10.1. The van der Waals surface area contributed by atoms with E-state index in [1.54, 1.807) is 12.1 Å². The predicted octanol–water partition coefficient (Wildman–Crippen LogP) is 2.89. The Bertz CT molecular complexity index is 702. The molecular weight excluding hydrogens is 290 g/mol. The molecule has 0 aromatic heterocycles. The van der Waals surface area contributed by atoms with Gasteiger partial charge < -0.3 is 20.3 Å². The average Bonchev–Trinajstić information content (AvgIpc) is 2.49. The minimum atomic E-state index is -0.998. The number of nitrogen functional groups attached to an aromatic ring is 1. The molecule has 21 heavy (non-hydrogen) atoms. The average molecular weight is 303 g/mol. The van der Waals surface area contributed by atoms with Gasteiger partial charge in [-0.2, -0.15) is 0 Å². The Morgan fingerprint density at radius 1 is 1.10 bits per heavy atom. The zero-order chi connectivity index (χ0) is 14.8. The molecular formula is C15H13NO4S. The SMILES string of the molecule is Nc1ccc(Sc2ccc3c(c2)OCCO3)c(C(=O)O)c1. The summed E-state index contributed by atoms with van der Waals surface area (Å²) < 4.78 is 11.0. The van der Waals surface area contributed by atoms with E-state index in [1.165, 1.54) is 17.8 Å². The van der Waals surface area contributed by atoms with Gasteiger partial charge in [0.1, 0.15) is 13.2 Å². The number of aromatic carboxylic acids is 1. The van der Waals surface area contributed by atoms with E-state index in [-0.39, 0.29) is 5.56 Å². The molecule has 0 unspecified atom stereocenters. The van der Waals surface area contributed by atoms with Crippen LogP contribution in [0.4, 0.5) is 5.69 Å². The molecule has 1 aliphatic heterocycles. The van der Waals surface area contributed by atoms with Gasteiger partial charge in [0.05, 0.1) is 5.56 Å². The summed E-state index contributed by atoms with van der Waals surface area (Å²) in [6.45, 7) is 1.06. The number of hydrogen-bond acceptors (Lipinski definition) is 5. The second-order valence-electron chi connectivity index (χ2n) is 4.47. The molecule has 6 heteroatoms. The molecule has 0 aliphatic carbocycles. The van der Waals surface area contributed by atoms with Crippen LogP contribution in [-0.2, 0) is 0 Å². The van der Waals surface area contributed by atoms with Crippen LogP contribution in [0.2, 0.25) is 0 Å². The second-order valence-corrected chi connectivity index (χ2v) is 5.58. The van der Waals surface area contributed by atoms with Gasteiger partial charge in [0.25, 0.3) is 0 Å². The molecule has 0 amide bonds. The number of ether oxygens (including phenoxy) is 2. The Hall–Kier alpha value is -2.34. The van der Waals surface area contributed by atoms with Gasteiger partial charge in [-0.05, 0) is 36.4 Å². The van der Waals surface area contributed by atoms with E-state index in [9.17, 15) is 9.90 Å². The van der Waals surface area contributed by atoms with Crippen molar-refractivity contribution in [3.63, 3.8) is 0 Å². The molecule has 0 fully saturated rings. The first-order valence-corrected chi connectivity index (χ1v) is 7.15.